The molecule has 0 atom stereocenters. The van der Waals surface area contributed by atoms with Crippen LogP contribution in [-0.4, -0.2) is 10.9 Å². The van der Waals surface area contributed by atoms with E-state index >= 15 is 0 Å². The number of carbonyl (C=O) groups excluding carboxylic acids is 1. The van der Waals surface area contributed by atoms with E-state index in [4.69, 9.17) is 0 Å². The van der Waals surface area contributed by atoms with Gasteiger partial charge in [0.25, 0.3) is 5.91 Å². The number of aromatic nitrogens is 1. The number of benzene rings is 1. The minimum atomic E-state index is -0.0116. The summed E-state index contributed by atoms with van der Waals surface area (Å²) >= 11 is 1.76. The first kappa shape index (κ1) is 17.3. The van der Waals surface area contributed by atoms with Crippen molar-refractivity contribution in [2.45, 2.75) is 58.8 Å². The Morgan fingerprint density at radius 3 is 2.58 bits per heavy atom. The largest absolute Gasteiger partial charge is 0.357 e. The van der Waals surface area contributed by atoms with Crippen LogP contribution in [0.4, 0.5) is 5.69 Å². The van der Waals surface area contributed by atoms with Gasteiger partial charge in [-0.05, 0) is 61.8 Å². The number of nitrogens with one attached hydrogen (secondary N) is 2. The molecule has 3 aromatic rings. The zero-order chi connectivity index (χ0) is 18.3. The molecule has 0 unspecified atom stereocenters. The Morgan fingerprint density at radius 2 is 1.85 bits per heavy atom. The molecule has 26 heavy (non-hydrogen) atoms. The van der Waals surface area contributed by atoms with Gasteiger partial charge >= 0.3 is 0 Å². The van der Waals surface area contributed by atoms with Crippen molar-refractivity contribution in [1.82, 2.24) is 4.98 Å². The van der Waals surface area contributed by atoms with Crippen LogP contribution in [0.5, 0.6) is 0 Å². The summed E-state index contributed by atoms with van der Waals surface area (Å²) < 4.78 is 1.29. The lowest BCUT2D eigenvalue weighted by molar-refractivity contribution is 0.102. The van der Waals surface area contributed by atoms with E-state index in [0.29, 0.717) is 5.92 Å². The molecule has 0 radical (unpaired) electrons. The number of thiophene rings is 1. The van der Waals surface area contributed by atoms with E-state index < -0.39 is 0 Å². The number of amides is 1. The number of H-pyrrole nitrogens is 1. The molecule has 4 heteroatoms. The minimum absolute atomic E-state index is 0.0116. The molecule has 1 aromatic carbocycles. The number of hydrogen-bond acceptors (Lipinski definition) is 2. The van der Waals surface area contributed by atoms with Gasteiger partial charge in [0.1, 0.15) is 0 Å². The van der Waals surface area contributed by atoms with Gasteiger partial charge in [0.2, 0.25) is 0 Å². The Kier molecular flexibility index (Phi) is 4.62. The van der Waals surface area contributed by atoms with E-state index in [0.717, 1.165) is 34.5 Å². The topological polar surface area (TPSA) is 44.9 Å². The molecular weight excluding hydrogens is 340 g/mol. The van der Waals surface area contributed by atoms with Gasteiger partial charge in [0.15, 0.2) is 0 Å². The minimum Gasteiger partial charge on any atom is -0.357 e. The molecular formula is C22H26N2OS. The average molecular weight is 367 g/mol. The maximum atomic E-state index is 13.0. The highest BCUT2D eigenvalue weighted by atomic mass is 32.1. The standard InChI is InChI=1S/C22H26N2OS/c1-13(2)15-9-11-16(12-10-15)23-22(25)19-14(3)26-21-17-7-5-4-6-8-18(17)24-20(19)21/h9-13,24H,4-8H2,1-3H3,(H,23,25). The van der Waals surface area contributed by atoms with Crippen LogP contribution >= 0.6 is 11.3 Å². The van der Waals surface area contributed by atoms with Gasteiger partial charge in [-0.1, -0.05) is 32.4 Å². The molecule has 2 aromatic heterocycles. The summed E-state index contributed by atoms with van der Waals surface area (Å²) in [6.45, 7) is 6.40. The molecule has 3 nitrogen and oxygen atoms in total. The van der Waals surface area contributed by atoms with Crippen LogP contribution in [0, 0.1) is 6.92 Å². The highest BCUT2D eigenvalue weighted by molar-refractivity contribution is 7.19. The normalized spacial score (nSPS) is 14.5. The van der Waals surface area contributed by atoms with Crippen LogP contribution < -0.4 is 5.32 Å². The van der Waals surface area contributed by atoms with Gasteiger partial charge in [0, 0.05) is 16.3 Å². The van der Waals surface area contributed by atoms with Crippen LogP contribution in [-0.2, 0) is 12.8 Å². The second-order valence-corrected chi connectivity index (χ2v) is 8.84. The second kappa shape index (κ2) is 6.92. The van der Waals surface area contributed by atoms with E-state index in [9.17, 15) is 4.79 Å². The Hall–Kier alpha value is -2.07. The predicted molar refractivity (Wildman–Crippen MR) is 111 cm³/mol. The van der Waals surface area contributed by atoms with Crippen molar-refractivity contribution >= 4 is 33.1 Å². The molecule has 1 aliphatic rings. The van der Waals surface area contributed by atoms with Gasteiger partial charge in [-0.15, -0.1) is 11.3 Å². The van der Waals surface area contributed by atoms with Crippen molar-refractivity contribution in [3.05, 3.63) is 51.5 Å². The third kappa shape index (κ3) is 3.07. The zero-order valence-electron chi connectivity index (χ0n) is 15.7. The summed E-state index contributed by atoms with van der Waals surface area (Å²) in [5.74, 6) is 0.482. The number of anilines is 1. The van der Waals surface area contributed by atoms with E-state index in [-0.39, 0.29) is 5.91 Å². The third-order valence-corrected chi connectivity index (χ3v) is 6.58. The molecule has 136 valence electrons. The van der Waals surface area contributed by atoms with Crippen LogP contribution in [0.3, 0.4) is 0 Å². The van der Waals surface area contributed by atoms with Crippen molar-refractivity contribution in [3.8, 4) is 0 Å². The first-order chi connectivity index (χ1) is 12.5. The summed E-state index contributed by atoms with van der Waals surface area (Å²) in [5, 5.41) is 3.08. The smallest absolute Gasteiger partial charge is 0.258 e. The van der Waals surface area contributed by atoms with Gasteiger partial charge < -0.3 is 10.3 Å². The summed E-state index contributed by atoms with van der Waals surface area (Å²) in [6.07, 6.45) is 6.03. The molecule has 0 saturated carbocycles. The van der Waals surface area contributed by atoms with Gasteiger partial charge in [0.05, 0.1) is 15.8 Å². The lowest BCUT2D eigenvalue weighted by atomic mass is 10.0. The lowest BCUT2D eigenvalue weighted by Crippen LogP contribution is -2.12. The molecule has 1 amide bonds. The van der Waals surface area contributed by atoms with E-state index in [2.05, 4.69) is 43.2 Å². The number of fused-ring (bicyclic) bond motifs is 3. The maximum Gasteiger partial charge on any atom is 0.258 e. The quantitative estimate of drug-likeness (QED) is 0.534. The average Bonchev–Trinajstić information content (AvgIpc) is 2.98. The maximum absolute atomic E-state index is 13.0. The third-order valence-electron chi connectivity index (χ3n) is 5.41. The second-order valence-electron chi connectivity index (χ2n) is 7.61. The molecule has 0 bridgehead atoms. The number of aryl methyl sites for hydroxylation is 3. The van der Waals surface area contributed by atoms with Crippen molar-refractivity contribution in [2.75, 3.05) is 5.32 Å². The fourth-order valence-corrected chi connectivity index (χ4v) is 5.12. The Bertz CT molecular complexity index is 947. The predicted octanol–water partition coefficient (Wildman–Crippen LogP) is 6.18. The summed E-state index contributed by atoms with van der Waals surface area (Å²) in [4.78, 5) is 17.7. The SMILES string of the molecule is Cc1sc2c3c([nH]c2c1C(=O)Nc1ccc(C(C)C)cc1)CCCCC3. The molecule has 0 fully saturated rings. The number of rotatable bonds is 3. The van der Waals surface area contributed by atoms with Crippen LogP contribution in [0.15, 0.2) is 24.3 Å². The Labute approximate surface area is 158 Å². The number of aromatic amines is 1. The fraction of sp³-hybridized carbons (Fsp3) is 0.409. The van der Waals surface area contributed by atoms with Crippen LogP contribution in [0.1, 0.15) is 71.1 Å². The monoisotopic (exact) mass is 366 g/mol. The Balaban J connectivity index is 1.65. The van der Waals surface area contributed by atoms with Crippen LogP contribution in [0.25, 0.3) is 10.2 Å². The van der Waals surface area contributed by atoms with Crippen molar-refractivity contribution in [3.63, 3.8) is 0 Å². The van der Waals surface area contributed by atoms with Gasteiger partial charge in [-0.2, -0.15) is 0 Å². The van der Waals surface area contributed by atoms with Crippen molar-refractivity contribution < 1.29 is 4.79 Å². The molecule has 4 rings (SSSR count). The molecule has 0 aliphatic heterocycles. The first-order valence-electron chi connectivity index (χ1n) is 9.58. The first-order valence-corrected chi connectivity index (χ1v) is 10.4. The van der Waals surface area contributed by atoms with Gasteiger partial charge in [-0.25, -0.2) is 0 Å². The molecule has 0 saturated heterocycles. The summed E-state index contributed by atoms with van der Waals surface area (Å²) in [6, 6.07) is 8.17. The van der Waals surface area contributed by atoms with E-state index in [1.54, 1.807) is 11.3 Å². The van der Waals surface area contributed by atoms with Crippen molar-refractivity contribution in [1.29, 1.82) is 0 Å². The summed E-state index contributed by atoms with van der Waals surface area (Å²) in [5.41, 5.74) is 6.78. The van der Waals surface area contributed by atoms with E-state index in [1.165, 1.54) is 40.8 Å². The number of hydrogen-bond donors (Lipinski definition) is 2. The van der Waals surface area contributed by atoms with E-state index in [1.807, 2.05) is 12.1 Å². The summed E-state index contributed by atoms with van der Waals surface area (Å²) in [7, 11) is 0. The Morgan fingerprint density at radius 1 is 1.12 bits per heavy atom. The number of carbonyl (C=O) groups is 1. The molecule has 2 N–H and O–H groups in total. The zero-order valence-corrected chi connectivity index (χ0v) is 16.6. The highest BCUT2D eigenvalue weighted by Crippen LogP contribution is 2.37. The molecule has 1 aliphatic carbocycles. The van der Waals surface area contributed by atoms with Gasteiger partial charge in [-0.3, -0.25) is 4.79 Å². The molecule has 0 spiro atoms. The van der Waals surface area contributed by atoms with Crippen molar-refractivity contribution in [2.24, 2.45) is 0 Å². The fourth-order valence-electron chi connectivity index (χ4n) is 3.92. The highest BCUT2D eigenvalue weighted by Gasteiger charge is 2.23. The van der Waals surface area contributed by atoms with Crippen LogP contribution in [0.2, 0.25) is 0 Å². The molecule has 2 heterocycles. The lowest BCUT2D eigenvalue weighted by Gasteiger charge is -2.08.